The minimum absolute atomic E-state index is 0.662. The van der Waals surface area contributed by atoms with Crippen molar-refractivity contribution in [3.63, 3.8) is 0 Å². The molecule has 2 aromatic heterocycles. The van der Waals surface area contributed by atoms with Gasteiger partial charge in [0.25, 0.3) is 0 Å². The maximum absolute atomic E-state index is 4.50. The van der Waals surface area contributed by atoms with Crippen LogP contribution in [0.1, 0.15) is 25.0 Å². The van der Waals surface area contributed by atoms with Gasteiger partial charge >= 0.3 is 0 Å². The molecule has 0 N–H and O–H groups in total. The van der Waals surface area contributed by atoms with Crippen LogP contribution >= 0.6 is 15.9 Å². The Morgan fingerprint density at radius 2 is 2.29 bits per heavy atom. The molecule has 72 valence electrons. The third-order valence-corrected chi connectivity index (χ3v) is 3.20. The summed E-state index contributed by atoms with van der Waals surface area (Å²) in [7, 11) is 0. The van der Waals surface area contributed by atoms with Gasteiger partial charge in [0.15, 0.2) is 0 Å². The lowest BCUT2D eigenvalue weighted by molar-refractivity contribution is 0.894. The highest BCUT2D eigenvalue weighted by Gasteiger charge is 2.36. The van der Waals surface area contributed by atoms with Crippen LogP contribution in [0, 0.1) is 5.92 Å². The molecule has 2 aromatic rings. The van der Waals surface area contributed by atoms with Crippen molar-refractivity contribution in [2.75, 3.05) is 0 Å². The first kappa shape index (κ1) is 8.41. The van der Waals surface area contributed by atoms with Crippen molar-refractivity contribution in [2.45, 2.75) is 19.3 Å². The average molecular weight is 252 g/mol. The van der Waals surface area contributed by atoms with E-state index >= 15 is 0 Å². The molecular weight excluding hydrogens is 242 g/mol. The molecule has 1 aliphatic carbocycles. The molecule has 2 atom stereocenters. The van der Waals surface area contributed by atoms with E-state index in [2.05, 4.69) is 39.0 Å². The van der Waals surface area contributed by atoms with Gasteiger partial charge in [-0.2, -0.15) is 0 Å². The van der Waals surface area contributed by atoms with Gasteiger partial charge in [0.1, 0.15) is 0 Å². The zero-order valence-electron chi connectivity index (χ0n) is 7.81. The number of nitrogens with zero attached hydrogens (tertiary/aromatic N) is 3. The predicted molar refractivity (Wildman–Crippen MR) is 57.2 cm³/mol. The second-order valence-corrected chi connectivity index (χ2v) is 4.88. The van der Waals surface area contributed by atoms with Crippen molar-refractivity contribution in [3.05, 3.63) is 28.8 Å². The molecular formula is C10H10BrN3. The van der Waals surface area contributed by atoms with Crippen molar-refractivity contribution in [2.24, 2.45) is 5.92 Å². The van der Waals surface area contributed by atoms with Crippen LogP contribution in [0.15, 0.2) is 23.1 Å². The van der Waals surface area contributed by atoms with Crippen LogP contribution in [-0.4, -0.2) is 14.4 Å². The van der Waals surface area contributed by atoms with Crippen molar-refractivity contribution < 1.29 is 0 Å². The average Bonchev–Trinajstić information content (AvgIpc) is 2.75. The molecule has 3 nitrogen and oxygen atoms in total. The number of fused-ring (bicyclic) bond motifs is 1. The highest BCUT2D eigenvalue weighted by atomic mass is 79.9. The molecule has 1 fully saturated rings. The lowest BCUT2D eigenvalue weighted by Crippen LogP contribution is -1.85. The summed E-state index contributed by atoms with van der Waals surface area (Å²) in [5.41, 5.74) is 1.18. The first-order chi connectivity index (χ1) is 6.74. The fourth-order valence-electron chi connectivity index (χ4n) is 1.79. The number of aromatic nitrogens is 3. The summed E-state index contributed by atoms with van der Waals surface area (Å²) in [6.45, 7) is 2.26. The number of imidazole rings is 1. The van der Waals surface area contributed by atoms with Gasteiger partial charge in [-0.05, 0) is 28.3 Å². The first-order valence-electron chi connectivity index (χ1n) is 4.74. The Hall–Kier alpha value is -0.900. The third kappa shape index (κ3) is 1.25. The number of halogens is 1. The number of hydrogen-bond acceptors (Lipinski definition) is 2. The highest BCUT2D eigenvalue weighted by Crippen LogP contribution is 2.46. The van der Waals surface area contributed by atoms with Crippen LogP contribution in [0.25, 0.3) is 5.78 Å². The van der Waals surface area contributed by atoms with Gasteiger partial charge in [0, 0.05) is 24.5 Å². The second-order valence-electron chi connectivity index (χ2n) is 3.96. The van der Waals surface area contributed by atoms with Gasteiger partial charge in [0.05, 0.1) is 10.2 Å². The minimum Gasteiger partial charge on any atom is -0.290 e. The fourth-order valence-corrected chi connectivity index (χ4v) is 2.11. The van der Waals surface area contributed by atoms with Crippen LogP contribution in [-0.2, 0) is 0 Å². The van der Waals surface area contributed by atoms with Gasteiger partial charge in [-0.1, -0.05) is 6.92 Å². The van der Waals surface area contributed by atoms with E-state index in [-0.39, 0.29) is 0 Å². The van der Waals surface area contributed by atoms with Gasteiger partial charge in [-0.25, -0.2) is 9.97 Å². The molecule has 0 aromatic carbocycles. The maximum Gasteiger partial charge on any atom is 0.233 e. The quantitative estimate of drug-likeness (QED) is 0.780. The van der Waals surface area contributed by atoms with Crippen LogP contribution in [0.5, 0.6) is 0 Å². The Labute approximate surface area is 90.3 Å². The van der Waals surface area contributed by atoms with E-state index in [0.29, 0.717) is 5.92 Å². The summed E-state index contributed by atoms with van der Waals surface area (Å²) < 4.78 is 2.96. The topological polar surface area (TPSA) is 30.2 Å². The van der Waals surface area contributed by atoms with Crippen LogP contribution in [0.3, 0.4) is 0 Å². The molecule has 0 aliphatic heterocycles. The molecule has 1 aliphatic rings. The zero-order valence-corrected chi connectivity index (χ0v) is 9.40. The Balaban J connectivity index is 2.11. The highest BCUT2D eigenvalue weighted by molar-refractivity contribution is 9.10. The Morgan fingerprint density at radius 3 is 3.00 bits per heavy atom. The monoisotopic (exact) mass is 251 g/mol. The fraction of sp³-hybridized carbons (Fsp3) is 0.400. The summed E-state index contributed by atoms with van der Waals surface area (Å²) in [5.74, 6) is 2.25. The van der Waals surface area contributed by atoms with Crippen LogP contribution in [0.2, 0.25) is 0 Å². The second kappa shape index (κ2) is 2.79. The largest absolute Gasteiger partial charge is 0.290 e. The molecule has 3 rings (SSSR count). The SMILES string of the molecule is CC1CC1c1cn2cc(Br)cnc2n1. The Kier molecular flexibility index (Phi) is 1.68. The van der Waals surface area contributed by atoms with Gasteiger partial charge < -0.3 is 0 Å². The molecule has 2 heterocycles. The van der Waals surface area contributed by atoms with E-state index in [0.717, 1.165) is 16.2 Å². The van der Waals surface area contributed by atoms with Crippen molar-refractivity contribution >= 4 is 21.7 Å². The standard InChI is InChI=1S/C10H10BrN3/c1-6-2-8(6)9-5-14-4-7(11)3-12-10(14)13-9/h3-6,8H,2H2,1H3. The molecule has 0 amide bonds. The minimum atomic E-state index is 0.662. The predicted octanol–water partition coefficient (Wildman–Crippen LogP) is 2.62. The van der Waals surface area contributed by atoms with Gasteiger partial charge in [-0.3, -0.25) is 4.40 Å². The van der Waals surface area contributed by atoms with Crippen LogP contribution in [0.4, 0.5) is 0 Å². The summed E-state index contributed by atoms with van der Waals surface area (Å²) in [4.78, 5) is 8.74. The van der Waals surface area contributed by atoms with E-state index < -0.39 is 0 Å². The van der Waals surface area contributed by atoms with Gasteiger partial charge in [-0.15, -0.1) is 0 Å². The van der Waals surface area contributed by atoms with E-state index in [4.69, 9.17) is 0 Å². The third-order valence-electron chi connectivity index (χ3n) is 2.79. The maximum atomic E-state index is 4.50. The molecule has 14 heavy (non-hydrogen) atoms. The zero-order chi connectivity index (χ0) is 9.71. The lowest BCUT2D eigenvalue weighted by Gasteiger charge is -1.90. The van der Waals surface area contributed by atoms with E-state index in [1.807, 2.05) is 10.6 Å². The van der Waals surface area contributed by atoms with Crippen LogP contribution < -0.4 is 0 Å². The van der Waals surface area contributed by atoms with Crippen molar-refractivity contribution in [3.8, 4) is 0 Å². The molecule has 0 saturated heterocycles. The van der Waals surface area contributed by atoms with E-state index in [1.165, 1.54) is 12.1 Å². The molecule has 0 bridgehead atoms. The lowest BCUT2D eigenvalue weighted by atomic mass is 10.3. The van der Waals surface area contributed by atoms with Crippen molar-refractivity contribution in [1.29, 1.82) is 0 Å². The van der Waals surface area contributed by atoms with E-state index in [9.17, 15) is 0 Å². The molecule has 2 unspecified atom stereocenters. The Morgan fingerprint density at radius 1 is 1.50 bits per heavy atom. The number of rotatable bonds is 1. The molecule has 0 spiro atoms. The normalized spacial score (nSPS) is 25.6. The number of hydrogen-bond donors (Lipinski definition) is 0. The smallest absolute Gasteiger partial charge is 0.233 e. The van der Waals surface area contributed by atoms with E-state index in [1.54, 1.807) is 6.20 Å². The molecule has 1 saturated carbocycles. The summed E-state index contributed by atoms with van der Waals surface area (Å²) in [6, 6.07) is 0. The Bertz CT molecular complexity index is 491. The summed E-state index contributed by atoms with van der Waals surface area (Å²) in [6.07, 6.45) is 7.13. The molecule has 0 radical (unpaired) electrons. The first-order valence-corrected chi connectivity index (χ1v) is 5.53. The molecule has 4 heteroatoms. The summed E-state index contributed by atoms with van der Waals surface area (Å²) in [5, 5.41) is 0. The van der Waals surface area contributed by atoms with Crippen molar-refractivity contribution in [1.82, 2.24) is 14.4 Å². The van der Waals surface area contributed by atoms with Gasteiger partial charge in [0.2, 0.25) is 5.78 Å². The summed E-state index contributed by atoms with van der Waals surface area (Å²) >= 11 is 3.40.